The number of hydrogen-bond acceptors (Lipinski definition) is 6. The molecule has 0 aliphatic rings. The third-order valence-electron chi connectivity index (χ3n) is 5.66. The van der Waals surface area contributed by atoms with Gasteiger partial charge in [0, 0.05) is 5.56 Å². The second kappa shape index (κ2) is 11.1. The molecule has 0 saturated heterocycles. The summed E-state index contributed by atoms with van der Waals surface area (Å²) in [6.07, 6.45) is -4.83. The van der Waals surface area contributed by atoms with Crippen LogP contribution in [0.2, 0.25) is 0 Å². The highest BCUT2D eigenvalue weighted by Crippen LogP contribution is 2.38. The van der Waals surface area contributed by atoms with E-state index in [0.29, 0.717) is 22.4 Å². The molecule has 0 fully saturated rings. The van der Waals surface area contributed by atoms with Crippen molar-refractivity contribution in [1.29, 1.82) is 0 Å². The molecular formula is C27H22F5N3O4. The fourth-order valence-electron chi connectivity index (χ4n) is 3.83. The van der Waals surface area contributed by atoms with Crippen LogP contribution < -0.4 is 9.47 Å². The fraction of sp³-hybridized carbons (Fsp3) is 0.222. The lowest BCUT2D eigenvalue weighted by molar-refractivity contribution is -0.274. The number of rotatable bonds is 9. The van der Waals surface area contributed by atoms with Gasteiger partial charge in [-0.15, -0.1) is 18.3 Å². The quantitative estimate of drug-likeness (QED) is 0.183. The van der Waals surface area contributed by atoms with E-state index >= 15 is 8.78 Å². The number of carbonyl (C=O) groups excluding carboxylic acids is 1. The number of ether oxygens (including phenoxy) is 3. The van der Waals surface area contributed by atoms with Crippen LogP contribution >= 0.6 is 0 Å². The Balaban J connectivity index is 1.66. The van der Waals surface area contributed by atoms with Crippen molar-refractivity contribution in [3.63, 3.8) is 0 Å². The van der Waals surface area contributed by atoms with Crippen LogP contribution in [0.5, 0.6) is 11.5 Å². The summed E-state index contributed by atoms with van der Waals surface area (Å²) in [7, 11) is 1.50. The number of alkyl halides is 5. The maximum absolute atomic E-state index is 16.0. The highest BCUT2D eigenvalue weighted by Gasteiger charge is 2.43. The summed E-state index contributed by atoms with van der Waals surface area (Å²) in [5.74, 6) is -4.57. The van der Waals surface area contributed by atoms with Gasteiger partial charge in [-0.25, -0.2) is 9.48 Å². The fourth-order valence-corrected chi connectivity index (χ4v) is 3.83. The Morgan fingerprint density at radius 3 is 1.95 bits per heavy atom. The summed E-state index contributed by atoms with van der Waals surface area (Å²) in [5, 5.41) is 7.51. The van der Waals surface area contributed by atoms with Gasteiger partial charge in [0.05, 0.1) is 20.3 Å². The molecule has 0 aliphatic heterocycles. The molecule has 204 valence electrons. The Bertz CT molecular complexity index is 1420. The van der Waals surface area contributed by atoms with Crippen molar-refractivity contribution in [2.45, 2.75) is 25.8 Å². The van der Waals surface area contributed by atoms with E-state index in [2.05, 4.69) is 15.0 Å². The van der Waals surface area contributed by atoms with Crippen LogP contribution in [0, 0.1) is 0 Å². The van der Waals surface area contributed by atoms with Crippen molar-refractivity contribution in [3.05, 3.63) is 95.3 Å². The molecule has 0 radical (unpaired) electrons. The van der Waals surface area contributed by atoms with Crippen LogP contribution in [0.15, 0.2) is 72.8 Å². The van der Waals surface area contributed by atoms with Gasteiger partial charge >= 0.3 is 18.3 Å². The van der Waals surface area contributed by atoms with Crippen molar-refractivity contribution >= 4 is 5.97 Å². The Morgan fingerprint density at radius 1 is 0.846 bits per heavy atom. The maximum atomic E-state index is 16.0. The maximum Gasteiger partial charge on any atom is 0.573 e. The third-order valence-corrected chi connectivity index (χ3v) is 5.66. The lowest BCUT2D eigenvalue weighted by atomic mass is 9.99. The van der Waals surface area contributed by atoms with Crippen molar-refractivity contribution in [2.24, 2.45) is 0 Å². The molecule has 0 atom stereocenters. The van der Waals surface area contributed by atoms with Crippen LogP contribution in [0.25, 0.3) is 11.1 Å². The largest absolute Gasteiger partial charge is 0.573 e. The Morgan fingerprint density at radius 2 is 1.41 bits per heavy atom. The van der Waals surface area contributed by atoms with Crippen LogP contribution in [0.3, 0.4) is 0 Å². The molecular weight excluding hydrogens is 525 g/mol. The zero-order valence-corrected chi connectivity index (χ0v) is 20.7. The van der Waals surface area contributed by atoms with E-state index in [1.54, 1.807) is 24.3 Å². The molecule has 4 aromatic rings. The van der Waals surface area contributed by atoms with Gasteiger partial charge < -0.3 is 14.2 Å². The summed E-state index contributed by atoms with van der Waals surface area (Å²) in [4.78, 5) is 12.5. The number of hydrogen-bond donors (Lipinski definition) is 0. The van der Waals surface area contributed by atoms with E-state index in [9.17, 15) is 18.0 Å². The van der Waals surface area contributed by atoms with Crippen molar-refractivity contribution in [2.75, 3.05) is 13.7 Å². The van der Waals surface area contributed by atoms with E-state index in [0.717, 1.165) is 28.9 Å². The smallest absolute Gasteiger partial charge is 0.497 e. The van der Waals surface area contributed by atoms with Gasteiger partial charge in [-0.1, -0.05) is 53.7 Å². The molecule has 1 aromatic heterocycles. The second-order valence-corrected chi connectivity index (χ2v) is 8.24. The van der Waals surface area contributed by atoms with Crippen LogP contribution in [-0.2, 0) is 17.2 Å². The Labute approximate surface area is 219 Å². The van der Waals surface area contributed by atoms with E-state index in [4.69, 9.17) is 9.47 Å². The molecule has 0 saturated carbocycles. The normalized spacial score (nSPS) is 11.8. The standard InChI is InChI=1S/C27H22F5N3O4/c1-3-38-25(36)23-24(35(34-33-23)16-17-4-12-21(37-2)13-5-17)26(28,29)20-10-6-18(7-11-20)19-8-14-22(15-9-19)39-27(30,31)32/h4-15H,3,16H2,1-2H3. The molecule has 0 unspecified atom stereocenters. The topological polar surface area (TPSA) is 75.5 Å². The summed E-state index contributed by atoms with van der Waals surface area (Å²) in [5.41, 5.74) is -0.229. The number of carbonyl (C=O) groups is 1. The lowest BCUT2D eigenvalue weighted by Crippen LogP contribution is -2.25. The first-order valence-corrected chi connectivity index (χ1v) is 11.6. The molecule has 7 nitrogen and oxygen atoms in total. The molecule has 1 heterocycles. The number of nitrogens with zero attached hydrogens (tertiary/aromatic N) is 3. The van der Waals surface area contributed by atoms with Crippen LogP contribution in [-0.4, -0.2) is 41.0 Å². The Hall–Kier alpha value is -4.48. The minimum atomic E-state index is -4.83. The molecule has 39 heavy (non-hydrogen) atoms. The first-order chi connectivity index (χ1) is 18.5. The third kappa shape index (κ3) is 6.33. The van der Waals surface area contributed by atoms with E-state index in [-0.39, 0.29) is 13.2 Å². The number of aromatic nitrogens is 3. The van der Waals surface area contributed by atoms with Crippen LogP contribution in [0.1, 0.15) is 34.2 Å². The predicted molar refractivity (Wildman–Crippen MR) is 130 cm³/mol. The monoisotopic (exact) mass is 547 g/mol. The summed E-state index contributed by atoms with van der Waals surface area (Å²) in [6.45, 7) is 1.39. The lowest BCUT2D eigenvalue weighted by Gasteiger charge is -2.19. The van der Waals surface area contributed by atoms with Gasteiger partial charge in [-0.05, 0) is 47.9 Å². The predicted octanol–water partition coefficient (Wildman–Crippen LogP) is 6.22. The molecule has 4 rings (SSSR count). The first-order valence-electron chi connectivity index (χ1n) is 11.6. The molecule has 3 aromatic carbocycles. The molecule has 0 amide bonds. The van der Waals surface area contributed by atoms with Crippen LogP contribution in [0.4, 0.5) is 22.0 Å². The average Bonchev–Trinajstić information content (AvgIpc) is 3.33. The second-order valence-electron chi connectivity index (χ2n) is 8.24. The zero-order valence-electron chi connectivity index (χ0n) is 20.7. The van der Waals surface area contributed by atoms with E-state index in [1.165, 1.54) is 38.3 Å². The molecule has 0 spiro atoms. The number of methoxy groups -OCH3 is 1. The number of esters is 1. The summed E-state index contributed by atoms with van der Waals surface area (Å²) in [6, 6.07) is 16.8. The zero-order chi connectivity index (χ0) is 28.2. The van der Waals surface area contributed by atoms with Crippen molar-refractivity contribution < 1.29 is 41.0 Å². The minimum Gasteiger partial charge on any atom is -0.497 e. The molecule has 12 heteroatoms. The summed E-state index contributed by atoms with van der Waals surface area (Å²) < 4.78 is 84.0. The van der Waals surface area contributed by atoms with Gasteiger partial charge in [0.1, 0.15) is 17.2 Å². The highest BCUT2D eigenvalue weighted by atomic mass is 19.4. The highest BCUT2D eigenvalue weighted by molar-refractivity contribution is 5.88. The van der Waals surface area contributed by atoms with E-state index in [1.807, 2.05) is 0 Å². The van der Waals surface area contributed by atoms with Gasteiger partial charge in [0.25, 0.3) is 0 Å². The number of halogens is 5. The first kappa shape index (κ1) is 27.6. The molecule has 0 N–H and O–H groups in total. The molecule has 0 aliphatic carbocycles. The van der Waals surface area contributed by atoms with Gasteiger partial charge in [0.15, 0.2) is 5.69 Å². The van der Waals surface area contributed by atoms with E-state index < -0.39 is 41.0 Å². The van der Waals surface area contributed by atoms with Crippen molar-refractivity contribution in [3.8, 4) is 22.6 Å². The minimum absolute atomic E-state index is 0.0450. The Kier molecular flexibility index (Phi) is 7.84. The van der Waals surface area contributed by atoms with Gasteiger partial charge in [-0.3, -0.25) is 0 Å². The van der Waals surface area contributed by atoms with Gasteiger partial charge in [0.2, 0.25) is 0 Å². The molecule has 0 bridgehead atoms. The number of benzene rings is 3. The SMILES string of the molecule is CCOC(=O)c1nnn(Cc2ccc(OC)cc2)c1C(F)(F)c1ccc(-c2ccc(OC(F)(F)F)cc2)cc1. The van der Waals surface area contributed by atoms with Crippen molar-refractivity contribution in [1.82, 2.24) is 15.0 Å². The van der Waals surface area contributed by atoms with Gasteiger partial charge in [-0.2, -0.15) is 8.78 Å². The average molecular weight is 547 g/mol. The summed E-state index contributed by atoms with van der Waals surface area (Å²) >= 11 is 0.